The van der Waals surface area contributed by atoms with Gasteiger partial charge in [0, 0.05) is 22.8 Å². The number of nitrogens with one attached hydrogen (secondary N) is 1. The van der Waals surface area contributed by atoms with Crippen LogP contribution in [0.15, 0.2) is 72.9 Å². The Morgan fingerprint density at radius 2 is 1.81 bits per heavy atom. The van der Waals surface area contributed by atoms with Crippen molar-refractivity contribution in [2.24, 2.45) is 0 Å². The maximum absolute atomic E-state index is 14.0. The number of para-hydroxylation sites is 1. The topological polar surface area (TPSA) is 55.1 Å². The second-order valence-electron chi connectivity index (χ2n) is 9.81. The van der Waals surface area contributed by atoms with Crippen molar-refractivity contribution in [2.75, 3.05) is 0 Å². The molecule has 1 aliphatic carbocycles. The molecule has 1 saturated carbocycles. The van der Waals surface area contributed by atoms with Crippen LogP contribution >= 0.6 is 11.6 Å². The van der Waals surface area contributed by atoms with Crippen molar-refractivity contribution in [2.45, 2.75) is 57.7 Å². The SMILES string of the molecule is Cc1nn(-c2ccccc2)c2c1CN(C(=O)NC1CCCCC1)[C@H](c1cccc(Cl)c1)c1cccn1-2. The fourth-order valence-corrected chi connectivity index (χ4v) is 5.88. The Morgan fingerprint density at radius 3 is 2.58 bits per heavy atom. The standard InChI is InChI=1S/C29H30ClN5O/c1-20-25-19-34(29(36)31-23-12-4-2-5-13-23)27(21-10-8-11-22(30)18-21)26-16-9-17-33(26)28(25)35(32-20)24-14-6-3-7-15-24/h3,6-11,14-18,23,27H,2,4-5,12-13,19H2,1H3,(H,31,36)/t27-/m1/s1. The number of rotatable bonds is 3. The van der Waals surface area contributed by atoms with Gasteiger partial charge in [-0.15, -0.1) is 0 Å². The first-order chi connectivity index (χ1) is 17.6. The molecule has 7 heteroatoms. The van der Waals surface area contributed by atoms with Crippen LogP contribution in [0.3, 0.4) is 0 Å². The molecule has 1 N–H and O–H groups in total. The highest BCUT2D eigenvalue weighted by molar-refractivity contribution is 6.30. The molecule has 184 valence electrons. The number of amides is 2. The van der Waals surface area contributed by atoms with Gasteiger partial charge in [-0.05, 0) is 61.7 Å². The Balaban J connectivity index is 1.51. The molecule has 0 spiro atoms. The molecular weight excluding hydrogens is 470 g/mol. The summed E-state index contributed by atoms with van der Waals surface area (Å²) in [5.74, 6) is 0.971. The molecule has 6 rings (SSSR count). The Kier molecular flexibility index (Phi) is 6.05. The molecule has 2 amide bonds. The monoisotopic (exact) mass is 499 g/mol. The van der Waals surface area contributed by atoms with E-state index >= 15 is 0 Å². The van der Waals surface area contributed by atoms with Crippen LogP contribution in [0.1, 0.15) is 60.7 Å². The Morgan fingerprint density at radius 1 is 1.00 bits per heavy atom. The lowest BCUT2D eigenvalue weighted by Gasteiger charge is -2.33. The molecule has 0 saturated heterocycles. The average Bonchev–Trinajstić information content (AvgIpc) is 3.45. The lowest BCUT2D eigenvalue weighted by Crippen LogP contribution is -2.46. The largest absolute Gasteiger partial charge is 0.335 e. The summed E-state index contributed by atoms with van der Waals surface area (Å²) in [6, 6.07) is 22.0. The smallest absolute Gasteiger partial charge is 0.318 e. The van der Waals surface area contributed by atoms with Gasteiger partial charge in [0.25, 0.3) is 0 Å². The molecule has 2 aliphatic rings. The second kappa shape index (κ2) is 9.51. The van der Waals surface area contributed by atoms with Crippen LogP contribution in [-0.2, 0) is 6.54 Å². The van der Waals surface area contributed by atoms with Crippen LogP contribution in [0.5, 0.6) is 0 Å². The minimum Gasteiger partial charge on any atom is -0.335 e. The summed E-state index contributed by atoms with van der Waals surface area (Å²) in [5.41, 5.74) is 4.94. The van der Waals surface area contributed by atoms with E-state index < -0.39 is 0 Å². The zero-order valence-corrected chi connectivity index (χ0v) is 21.2. The number of carbonyl (C=O) groups is 1. The van der Waals surface area contributed by atoms with Gasteiger partial charge in [-0.2, -0.15) is 5.10 Å². The van der Waals surface area contributed by atoms with E-state index in [0.717, 1.165) is 46.9 Å². The third-order valence-electron chi connectivity index (χ3n) is 7.44. The maximum atomic E-state index is 14.0. The van der Waals surface area contributed by atoms with Crippen molar-refractivity contribution in [1.29, 1.82) is 0 Å². The maximum Gasteiger partial charge on any atom is 0.318 e. The Bertz CT molecular complexity index is 1390. The molecule has 36 heavy (non-hydrogen) atoms. The number of fused-ring (bicyclic) bond motifs is 3. The van der Waals surface area contributed by atoms with Crippen LogP contribution in [0, 0.1) is 6.92 Å². The van der Waals surface area contributed by atoms with Gasteiger partial charge in [0.05, 0.1) is 29.7 Å². The van der Waals surface area contributed by atoms with Gasteiger partial charge in [0.15, 0.2) is 0 Å². The van der Waals surface area contributed by atoms with E-state index in [0.29, 0.717) is 11.6 Å². The molecule has 0 radical (unpaired) electrons. The third-order valence-corrected chi connectivity index (χ3v) is 7.68. The van der Waals surface area contributed by atoms with E-state index in [2.05, 4.69) is 40.3 Å². The molecule has 6 nitrogen and oxygen atoms in total. The summed E-state index contributed by atoms with van der Waals surface area (Å²) in [6.07, 6.45) is 7.71. The predicted octanol–water partition coefficient (Wildman–Crippen LogP) is 6.57. The number of benzene rings is 2. The van der Waals surface area contributed by atoms with E-state index in [4.69, 9.17) is 16.7 Å². The summed E-state index contributed by atoms with van der Waals surface area (Å²) < 4.78 is 4.17. The lowest BCUT2D eigenvalue weighted by atomic mass is 9.95. The molecule has 2 aromatic carbocycles. The van der Waals surface area contributed by atoms with Crippen LogP contribution in [0.25, 0.3) is 11.5 Å². The summed E-state index contributed by atoms with van der Waals surface area (Å²) in [5, 5.41) is 8.94. The molecular formula is C29H30ClN5O. The number of urea groups is 1. The first kappa shape index (κ1) is 22.9. The fourth-order valence-electron chi connectivity index (χ4n) is 5.68. The normalized spacial score (nSPS) is 17.8. The molecule has 0 bridgehead atoms. The van der Waals surface area contributed by atoms with Gasteiger partial charge in [0.2, 0.25) is 0 Å². The zero-order chi connectivity index (χ0) is 24.6. The molecule has 0 unspecified atom stereocenters. The van der Waals surface area contributed by atoms with E-state index in [1.807, 2.05) is 59.0 Å². The van der Waals surface area contributed by atoms with E-state index in [1.165, 1.54) is 19.3 Å². The van der Waals surface area contributed by atoms with E-state index in [-0.39, 0.29) is 18.1 Å². The Labute approximate surface area is 216 Å². The Hall–Kier alpha value is -3.51. The van der Waals surface area contributed by atoms with Gasteiger partial charge >= 0.3 is 6.03 Å². The van der Waals surface area contributed by atoms with E-state index in [1.54, 1.807) is 0 Å². The summed E-state index contributed by atoms with van der Waals surface area (Å²) in [6.45, 7) is 2.48. The quantitative estimate of drug-likeness (QED) is 0.346. The highest BCUT2D eigenvalue weighted by Gasteiger charge is 2.36. The number of aromatic nitrogens is 3. The van der Waals surface area contributed by atoms with Crippen molar-refractivity contribution >= 4 is 17.6 Å². The number of carbonyl (C=O) groups excluding carboxylic acids is 1. The third kappa shape index (κ3) is 4.09. The lowest BCUT2D eigenvalue weighted by molar-refractivity contribution is 0.173. The van der Waals surface area contributed by atoms with Crippen molar-refractivity contribution in [3.63, 3.8) is 0 Å². The zero-order valence-electron chi connectivity index (χ0n) is 20.4. The minimum absolute atomic E-state index is 0.0423. The van der Waals surface area contributed by atoms with Gasteiger partial charge in [-0.25, -0.2) is 9.48 Å². The number of hydrogen-bond donors (Lipinski definition) is 1. The number of nitrogens with zero attached hydrogens (tertiary/aromatic N) is 4. The second-order valence-corrected chi connectivity index (χ2v) is 10.2. The minimum atomic E-state index is -0.293. The van der Waals surface area contributed by atoms with Gasteiger partial charge in [-0.3, -0.25) is 0 Å². The molecule has 2 aromatic heterocycles. The first-order valence-electron chi connectivity index (χ1n) is 12.7. The van der Waals surface area contributed by atoms with Crippen LogP contribution in [0.4, 0.5) is 4.79 Å². The van der Waals surface area contributed by atoms with Crippen molar-refractivity contribution in [3.05, 3.63) is 100 Å². The van der Waals surface area contributed by atoms with Crippen molar-refractivity contribution < 1.29 is 4.79 Å². The molecule has 3 heterocycles. The fraction of sp³-hybridized carbons (Fsp3) is 0.310. The van der Waals surface area contributed by atoms with Crippen LogP contribution in [-0.4, -0.2) is 31.3 Å². The predicted molar refractivity (Wildman–Crippen MR) is 142 cm³/mol. The highest BCUT2D eigenvalue weighted by Crippen LogP contribution is 2.39. The number of hydrogen-bond acceptors (Lipinski definition) is 2. The highest BCUT2D eigenvalue weighted by atomic mass is 35.5. The summed E-state index contributed by atoms with van der Waals surface area (Å²) in [4.78, 5) is 15.9. The molecule has 1 atom stereocenters. The van der Waals surface area contributed by atoms with Gasteiger partial charge in [0.1, 0.15) is 5.82 Å². The van der Waals surface area contributed by atoms with Gasteiger partial charge in [-0.1, -0.05) is 61.2 Å². The molecule has 4 aromatic rings. The molecule has 1 aliphatic heterocycles. The van der Waals surface area contributed by atoms with E-state index in [9.17, 15) is 4.79 Å². The van der Waals surface area contributed by atoms with Crippen LogP contribution in [0.2, 0.25) is 5.02 Å². The van der Waals surface area contributed by atoms with Crippen molar-refractivity contribution in [3.8, 4) is 11.5 Å². The van der Waals surface area contributed by atoms with Gasteiger partial charge < -0.3 is 14.8 Å². The number of aryl methyl sites for hydroxylation is 1. The molecule has 1 fully saturated rings. The number of halogens is 1. The summed E-state index contributed by atoms with van der Waals surface area (Å²) in [7, 11) is 0. The average molecular weight is 500 g/mol. The summed E-state index contributed by atoms with van der Waals surface area (Å²) >= 11 is 6.45. The first-order valence-corrected chi connectivity index (χ1v) is 13.1. The van der Waals surface area contributed by atoms with Crippen LogP contribution < -0.4 is 5.32 Å². The van der Waals surface area contributed by atoms with Crippen molar-refractivity contribution in [1.82, 2.24) is 24.6 Å².